The number of sulfonamides is 1. The van der Waals surface area contributed by atoms with Crippen LogP contribution in [0.5, 0.6) is 0 Å². The van der Waals surface area contributed by atoms with Gasteiger partial charge in [0.2, 0.25) is 10.0 Å². The van der Waals surface area contributed by atoms with Crippen LogP contribution in [0.1, 0.15) is 11.1 Å². The molecule has 0 aliphatic carbocycles. The largest absolute Gasteiger partial charge is 0.254 e. The van der Waals surface area contributed by atoms with E-state index in [1.807, 2.05) is 12.1 Å². The Morgan fingerprint density at radius 1 is 1.17 bits per heavy atom. The lowest BCUT2D eigenvalue weighted by Crippen LogP contribution is -2.28. The van der Waals surface area contributed by atoms with E-state index in [-0.39, 0.29) is 17.2 Å². The third kappa shape index (κ3) is 4.48. The third-order valence-corrected chi connectivity index (χ3v) is 6.17. The van der Waals surface area contributed by atoms with E-state index in [9.17, 15) is 12.6 Å². The van der Waals surface area contributed by atoms with Crippen molar-refractivity contribution in [3.05, 3.63) is 59.7 Å². The van der Waals surface area contributed by atoms with Gasteiger partial charge in [-0.25, -0.2) is 13.1 Å². The van der Waals surface area contributed by atoms with Crippen LogP contribution in [0.25, 0.3) is 0 Å². The van der Waals surface area contributed by atoms with Crippen LogP contribution in [-0.2, 0) is 20.8 Å². The van der Waals surface area contributed by atoms with Crippen molar-refractivity contribution in [1.29, 1.82) is 5.26 Å². The molecule has 1 atom stereocenters. The molecule has 0 radical (unpaired) electrons. The van der Waals surface area contributed by atoms with Gasteiger partial charge in [-0.3, -0.25) is 4.21 Å². The summed E-state index contributed by atoms with van der Waals surface area (Å²) in [5.41, 5.74) is 0.910. The molecule has 2 aromatic rings. The van der Waals surface area contributed by atoms with Gasteiger partial charge in [0.05, 0.1) is 27.3 Å². The van der Waals surface area contributed by atoms with Gasteiger partial charge < -0.3 is 0 Å². The number of aryl methyl sites for hydroxylation is 1. The Morgan fingerprint density at radius 2 is 1.87 bits per heavy atom. The summed E-state index contributed by atoms with van der Waals surface area (Å²) in [5, 5.41) is 8.82. The molecule has 120 valence electrons. The van der Waals surface area contributed by atoms with Crippen LogP contribution < -0.4 is 4.72 Å². The molecule has 1 N–H and O–H groups in total. The fraction of sp³-hybridized carbons (Fsp3) is 0.188. The minimum Gasteiger partial charge on any atom is -0.254 e. The van der Waals surface area contributed by atoms with Gasteiger partial charge in [-0.1, -0.05) is 18.2 Å². The SMILES string of the molecule is Cc1cc(C#N)ccc1S(=O)(=O)NCCS(=O)c1ccccc1. The number of nitrogens with zero attached hydrogens (tertiary/aromatic N) is 1. The van der Waals surface area contributed by atoms with Crippen LogP contribution in [-0.4, -0.2) is 24.9 Å². The standard InChI is InChI=1S/C16H16N2O3S2/c1-13-11-14(12-17)7-8-16(13)23(20,21)18-9-10-22(19)15-5-3-2-4-6-15/h2-8,11,18H,9-10H2,1H3. The van der Waals surface area contributed by atoms with Crippen LogP contribution in [0.3, 0.4) is 0 Å². The summed E-state index contributed by atoms with van der Waals surface area (Å²) in [7, 11) is -4.94. The predicted molar refractivity (Wildman–Crippen MR) is 88.8 cm³/mol. The number of hydrogen-bond donors (Lipinski definition) is 1. The monoisotopic (exact) mass is 348 g/mol. The van der Waals surface area contributed by atoms with Gasteiger partial charge in [-0.15, -0.1) is 0 Å². The molecular formula is C16H16N2O3S2. The van der Waals surface area contributed by atoms with Crippen molar-refractivity contribution in [3.63, 3.8) is 0 Å². The van der Waals surface area contributed by atoms with Gasteiger partial charge in [0.1, 0.15) is 0 Å². The molecule has 0 aliphatic rings. The normalized spacial score (nSPS) is 12.5. The van der Waals surface area contributed by atoms with Crippen molar-refractivity contribution >= 4 is 20.8 Å². The second-order valence-corrected chi connectivity index (χ2v) is 8.16. The lowest BCUT2D eigenvalue weighted by molar-refractivity contribution is 0.583. The number of benzene rings is 2. The first-order chi connectivity index (χ1) is 10.9. The van der Waals surface area contributed by atoms with Crippen molar-refractivity contribution in [1.82, 2.24) is 4.72 Å². The summed E-state index contributed by atoms with van der Waals surface area (Å²) >= 11 is 0. The first kappa shape index (κ1) is 17.3. The van der Waals surface area contributed by atoms with E-state index in [0.717, 1.165) is 0 Å². The fourth-order valence-corrected chi connectivity index (χ4v) is 4.43. The fourth-order valence-electron chi connectivity index (χ4n) is 2.06. The molecule has 1 unspecified atom stereocenters. The molecule has 0 saturated carbocycles. The zero-order chi connectivity index (χ0) is 16.9. The van der Waals surface area contributed by atoms with Gasteiger partial charge in [-0.2, -0.15) is 5.26 Å². The summed E-state index contributed by atoms with van der Waals surface area (Å²) in [4.78, 5) is 0.795. The second-order valence-electron chi connectivity index (χ2n) is 4.85. The van der Waals surface area contributed by atoms with E-state index in [2.05, 4.69) is 4.72 Å². The Morgan fingerprint density at radius 3 is 2.48 bits per heavy atom. The van der Waals surface area contributed by atoms with E-state index in [1.54, 1.807) is 31.2 Å². The molecular weight excluding hydrogens is 332 g/mol. The molecule has 0 fully saturated rings. The highest BCUT2D eigenvalue weighted by Crippen LogP contribution is 2.16. The van der Waals surface area contributed by atoms with Crippen LogP contribution >= 0.6 is 0 Å². The van der Waals surface area contributed by atoms with E-state index in [0.29, 0.717) is 16.0 Å². The van der Waals surface area contributed by atoms with Crippen molar-refractivity contribution in [3.8, 4) is 6.07 Å². The lowest BCUT2D eigenvalue weighted by atomic mass is 10.2. The summed E-state index contributed by atoms with van der Waals surface area (Å²) < 4.78 is 39.1. The molecule has 0 amide bonds. The first-order valence-corrected chi connectivity index (χ1v) is 9.68. The predicted octanol–water partition coefficient (Wildman–Crippen LogP) is 1.95. The first-order valence-electron chi connectivity index (χ1n) is 6.88. The van der Waals surface area contributed by atoms with Crippen molar-refractivity contribution in [2.24, 2.45) is 0 Å². The van der Waals surface area contributed by atoms with E-state index >= 15 is 0 Å². The summed E-state index contributed by atoms with van der Waals surface area (Å²) in [6.45, 7) is 1.71. The lowest BCUT2D eigenvalue weighted by Gasteiger charge is -2.09. The molecule has 23 heavy (non-hydrogen) atoms. The van der Waals surface area contributed by atoms with E-state index in [1.165, 1.54) is 18.2 Å². The molecule has 2 rings (SSSR count). The molecule has 7 heteroatoms. The Bertz CT molecular complexity index is 857. The summed E-state index contributed by atoms with van der Waals surface area (Å²) in [6, 6.07) is 15.3. The Balaban J connectivity index is 2.02. The number of nitrogens with one attached hydrogen (secondary N) is 1. The minimum atomic E-state index is -3.69. The van der Waals surface area contributed by atoms with Gasteiger partial charge in [0, 0.05) is 17.2 Å². The van der Waals surface area contributed by atoms with Crippen LogP contribution in [0.15, 0.2) is 58.3 Å². The zero-order valence-corrected chi connectivity index (χ0v) is 14.2. The molecule has 2 aromatic carbocycles. The molecule has 0 aliphatic heterocycles. The molecule has 0 heterocycles. The second kappa shape index (κ2) is 7.51. The Hall–Kier alpha value is -2.01. The minimum absolute atomic E-state index is 0.0727. The molecule has 0 saturated heterocycles. The van der Waals surface area contributed by atoms with E-state index in [4.69, 9.17) is 5.26 Å². The molecule has 0 aromatic heterocycles. The van der Waals surface area contributed by atoms with Crippen LogP contribution in [0.2, 0.25) is 0 Å². The molecule has 0 spiro atoms. The quantitative estimate of drug-likeness (QED) is 0.864. The maximum atomic E-state index is 12.3. The topological polar surface area (TPSA) is 87.0 Å². The van der Waals surface area contributed by atoms with Crippen molar-refractivity contribution in [2.45, 2.75) is 16.7 Å². The molecule has 5 nitrogen and oxygen atoms in total. The van der Waals surface area contributed by atoms with E-state index < -0.39 is 20.8 Å². The Kier molecular flexibility index (Phi) is 5.66. The van der Waals surface area contributed by atoms with Gasteiger partial charge in [0.25, 0.3) is 0 Å². The third-order valence-electron chi connectivity index (χ3n) is 3.18. The molecule has 0 bridgehead atoms. The highest BCUT2D eigenvalue weighted by Gasteiger charge is 2.17. The summed E-state index contributed by atoms with van der Waals surface area (Å²) in [5.74, 6) is 0.193. The average Bonchev–Trinajstić information content (AvgIpc) is 2.55. The maximum absolute atomic E-state index is 12.3. The van der Waals surface area contributed by atoms with Crippen LogP contribution in [0, 0.1) is 18.3 Å². The average molecular weight is 348 g/mol. The zero-order valence-electron chi connectivity index (χ0n) is 12.5. The maximum Gasteiger partial charge on any atom is 0.240 e. The number of rotatable bonds is 6. The van der Waals surface area contributed by atoms with Crippen molar-refractivity contribution < 1.29 is 12.6 Å². The van der Waals surface area contributed by atoms with Gasteiger partial charge in [0.15, 0.2) is 0 Å². The van der Waals surface area contributed by atoms with Gasteiger partial charge >= 0.3 is 0 Å². The van der Waals surface area contributed by atoms with Crippen LogP contribution in [0.4, 0.5) is 0 Å². The highest BCUT2D eigenvalue weighted by atomic mass is 32.2. The van der Waals surface area contributed by atoms with Gasteiger partial charge in [-0.05, 0) is 42.8 Å². The van der Waals surface area contributed by atoms with Crippen molar-refractivity contribution in [2.75, 3.05) is 12.3 Å². The number of hydrogen-bond acceptors (Lipinski definition) is 4. The highest BCUT2D eigenvalue weighted by molar-refractivity contribution is 7.89. The smallest absolute Gasteiger partial charge is 0.240 e. The number of nitriles is 1. The Labute approximate surface area is 138 Å². The summed E-state index contributed by atoms with van der Waals surface area (Å²) in [6.07, 6.45) is 0.